The standard InChI is InChI=1S/C16H21N3O3S/c1-2-10-23(20,21)19-9-8-13(12-19)11-15-17-18-16(22-15)14-6-4-3-5-7-14/h3-7,13H,2,8-12H2,1H3. The Balaban J connectivity index is 1.62. The summed E-state index contributed by atoms with van der Waals surface area (Å²) in [5, 5.41) is 8.17. The van der Waals surface area contributed by atoms with Gasteiger partial charge >= 0.3 is 0 Å². The Morgan fingerprint density at radius 3 is 2.78 bits per heavy atom. The molecular weight excluding hydrogens is 314 g/mol. The molecule has 1 fully saturated rings. The zero-order valence-corrected chi connectivity index (χ0v) is 14.0. The number of hydrogen-bond acceptors (Lipinski definition) is 5. The Morgan fingerprint density at radius 1 is 1.26 bits per heavy atom. The van der Waals surface area contributed by atoms with Crippen molar-refractivity contribution in [1.29, 1.82) is 0 Å². The molecule has 1 atom stereocenters. The Bertz CT molecular complexity index is 743. The molecule has 1 unspecified atom stereocenters. The summed E-state index contributed by atoms with van der Waals surface area (Å²) in [4.78, 5) is 0. The van der Waals surface area contributed by atoms with E-state index < -0.39 is 10.0 Å². The van der Waals surface area contributed by atoms with Gasteiger partial charge in [-0.05, 0) is 30.9 Å². The maximum atomic E-state index is 12.1. The highest BCUT2D eigenvalue weighted by atomic mass is 32.2. The largest absolute Gasteiger partial charge is 0.421 e. The maximum absolute atomic E-state index is 12.1. The van der Waals surface area contributed by atoms with E-state index in [0.717, 1.165) is 12.0 Å². The normalized spacial score (nSPS) is 19.3. The molecule has 3 rings (SSSR count). The molecule has 1 saturated heterocycles. The molecule has 0 N–H and O–H groups in total. The first-order chi connectivity index (χ1) is 11.1. The summed E-state index contributed by atoms with van der Waals surface area (Å²) in [6.45, 7) is 3.02. The van der Waals surface area contributed by atoms with Crippen LogP contribution in [0.5, 0.6) is 0 Å². The fourth-order valence-corrected chi connectivity index (χ4v) is 4.48. The SMILES string of the molecule is CCCS(=O)(=O)N1CCC(Cc2nnc(-c3ccccc3)o2)C1. The lowest BCUT2D eigenvalue weighted by Gasteiger charge is -2.15. The van der Waals surface area contributed by atoms with E-state index in [0.29, 0.717) is 37.7 Å². The average molecular weight is 335 g/mol. The molecule has 2 heterocycles. The Hall–Kier alpha value is -1.73. The van der Waals surface area contributed by atoms with E-state index in [2.05, 4.69) is 10.2 Å². The monoisotopic (exact) mass is 335 g/mol. The van der Waals surface area contributed by atoms with Gasteiger partial charge in [-0.3, -0.25) is 0 Å². The minimum atomic E-state index is -3.11. The quantitative estimate of drug-likeness (QED) is 0.810. The van der Waals surface area contributed by atoms with Gasteiger partial charge in [0.1, 0.15) is 0 Å². The maximum Gasteiger partial charge on any atom is 0.247 e. The molecule has 0 radical (unpaired) electrons. The second-order valence-corrected chi connectivity index (χ2v) is 7.99. The Labute approximate surface area is 136 Å². The van der Waals surface area contributed by atoms with Gasteiger partial charge in [-0.1, -0.05) is 25.1 Å². The van der Waals surface area contributed by atoms with E-state index in [9.17, 15) is 8.42 Å². The summed E-state index contributed by atoms with van der Waals surface area (Å²) in [6.07, 6.45) is 2.11. The molecule has 1 aliphatic rings. The number of benzene rings is 1. The lowest BCUT2D eigenvalue weighted by molar-refractivity contribution is 0.423. The van der Waals surface area contributed by atoms with Gasteiger partial charge < -0.3 is 4.42 Å². The van der Waals surface area contributed by atoms with E-state index in [1.807, 2.05) is 37.3 Å². The molecule has 0 aliphatic carbocycles. The summed E-state index contributed by atoms with van der Waals surface area (Å²) in [5.74, 6) is 1.54. The summed E-state index contributed by atoms with van der Waals surface area (Å²) in [5.41, 5.74) is 0.893. The summed E-state index contributed by atoms with van der Waals surface area (Å²) < 4.78 is 31.5. The first-order valence-electron chi connectivity index (χ1n) is 7.94. The van der Waals surface area contributed by atoms with E-state index >= 15 is 0 Å². The average Bonchev–Trinajstić information content (AvgIpc) is 3.18. The third kappa shape index (κ3) is 3.79. The number of sulfonamides is 1. The lowest BCUT2D eigenvalue weighted by atomic mass is 10.1. The van der Waals surface area contributed by atoms with Gasteiger partial charge in [-0.15, -0.1) is 10.2 Å². The van der Waals surface area contributed by atoms with E-state index in [1.165, 1.54) is 0 Å². The molecule has 2 aromatic rings. The highest BCUT2D eigenvalue weighted by molar-refractivity contribution is 7.89. The van der Waals surface area contributed by atoms with Crippen molar-refractivity contribution in [2.75, 3.05) is 18.8 Å². The molecule has 124 valence electrons. The van der Waals surface area contributed by atoms with Crippen LogP contribution in [0.25, 0.3) is 11.5 Å². The van der Waals surface area contributed by atoms with Crippen LogP contribution >= 0.6 is 0 Å². The molecule has 6 nitrogen and oxygen atoms in total. The topological polar surface area (TPSA) is 76.3 Å². The van der Waals surface area contributed by atoms with Crippen LogP contribution in [-0.4, -0.2) is 41.8 Å². The zero-order chi connectivity index (χ0) is 16.3. The van der Waals surface area contributed by atoms with Crippen LogP contribution in [0.15, 0.2) is 34.7 Å². The molecule has 0 spiro atoms. The van der Waals surface area contributed by atoms with Crippen LogP contribution in [0.1, 0.15) is 25.7 Å². The van der Waals surface area contributed by atoms with Crippen LogP contribution in [-0.2, 0) is 16.4 Å². The molecule has 0 saturated carbocycles. The second-order valence-electron chi connectivity index (χ2n) is 5.90. The van der Waals surface area contributed by atoms with Crippen LogP contribution in [0.4, 0.5) is 0 Å². The zero-order valence-electron chi connectivity index (χ0n) is 13.2. The Morgan fingerprint density at radius 2 is 2.04 bits per heavy atom. The summed E-state index contributed by atoms with van der Waals surface area (Å²) >= 11 is 0. The number of hydrogen-bond donors (Lipinski definition) is 0. The van der Waals surface area contributed by atoms with Crippen molar-refractivity contribution in [2.45, 2.75) is 26.2 Å². The molecule has 1 aromatic heterocycles. The van der Waals surface area contributed by atoms with Crippen molar-refractivity contribution < 1.29 is 12.8 Å². The first-order valence-corrected chi connectivity index (χ1v) is 9.55. The molecule has 1 aromatic carbocycles. The van der Waals surface area contributed by atoms with Crippen LogP contribution in [0.3, 0.4) is 0 Å². The van der Waals surface area contributed by atoms with Crippen LogP contribution in [0.2, 0.25) is 0 Å². The smallest absolute Gasteiger partial charge is 0.247 e. The minimum absolute atomic E-state index is 0.221. The van der Waals surface area contributed by atoms with Crippen LogP contribution in [0, 0.1) is 5.92 Å². The highest BCUT2D eigenvalue weighted by Crippen LogP contribution is 2.25. The van der Waals surface area contributed by atoms with Crippen molar-refractivity contribution in [3.8, 4) is 11.5 Å². The van der Waals surface area contributed by atoms with Crippen molar-refractivity contribution in [3.63, 3.8) is 0 Å². The fourth-order valence-electron chi connectivity index (χ4n) is 2.88. The van der Waals surface area contributed by atoms with Gasteiger partial charge in [0, 0.05) is 25.1 Å². The van der Waals surface area contributed by atoms with Gasteiger partial charge in [0.25, 0.3) is 0 Å². The van der Waals surface area contributed by atoms with Gasteiger partial charge in [0.15, 0.2) is 0 Å². The molecule has 23 heavy (non-hydrogen) atoms. The molecular formula is C16H21N3O3S. The molecule has 1 aliphatic heterocycles. The number of nitrogens with zero attached hydrogens (tertiary/aromatic N) is 3. The number of rotatable bonds is 6. The van der Waals surface area contributed by atoms with E-state index in [1.54, 1.807) is 4.31 Å². The predicted octanol–water partition coefficient (Wildman–Crippen LogP) is 2.34. The molecule has 0 bridgehead atoms. The van der Waals surface area contributed by atoms with Gasteiger partial charge in [0.2, 0.25) is 21.8 Å². The lowest BCUT2D eigenvalue weighted by Crippen LogP contribution is -2.31. The number of aromatic nitrogens is 2. The first kappa shape index (κ1) is 16.1. The third-order valence-electron chi connectivity index (χ3n) is 4.05. The minimum Gasteiger partial charge on any atom is -0.421 e. The van der Waals surface area contributed by atoms with E-state index in [4.69, 9.17) is 4.42 Å². The van der Waals surface area contributed by atoms with Gasteiger partial charge in [-0.25, -0.2) is 12.7 Å². The molecule has 7 heteroatoms. The van der Waals surface area contributed by atoms with Gasteiger partial charge in [0.05, 0.1) is 5.75 Å². The van der Waals surface area contributed by atoms with Crippen molar-refractivity contribution in [2.24, 2.45) is 5.92 Å². The predicted molar refractivity (Wildman–Crippen MR) is 87.2 cm³/mol. The van der Waals surface area contributed by atoms with Crippen molar-refractivity contribution in [3.05, 3.63) is 36.2 Å². The Kier molecular flexibility index (Phi) is 4.77. The van der Waals surface area contributed by atoms with Crippen LogP contribution < -0.4 is 0 Å². The highest BCUT2D eigenvalue weighted by Gasteiger charge is 2.31. The van der Waals surface area contributed by atoms with E-state index in [-0.39, 0.29) is 11.7 Å². The fraction of sp³-hybridized carbons (Fsp3) is 0.500. The third-order valence-corrected chi connectivity index (χ3v) is 6.10. The summed E-state index contributed by atoms with van der Waals surface area (Å²) in [7, 11) is -3.11. The second kappa shape index (κ2) is 6.80. The van der Waals surface area contributed by atoms with Crippen molar-refractivity contribution >= 4 is 10.0 Å². The summed E-state index contributed by atoms with van der Waals surface area (Å²) in [6, 6.07) is 9.63. The van der Waals surface area contributed by atoms with Crippen molar-refractivity contribution in [1.82, 2.24) is 14.5 Å². The molecule has 0 amide bonds. The van der Waals surface area contributed by atoms with Gasteiger partial charge in [-0.2, -0.15) is 0 Å².